The van der Waals surface area contributed by atoms with Gasteiger partial charge in [-0.25, -0.2) is 9.78 Å². The summed E-state index contributed by atoms with van der Waals surface area (Å²) in [7, 11) is 1.88. The molecule has 0 fully saturated rings. The number of fused-ring (bicyclic) bond motifs is 1. The molecule has 0 amide bonds. The lowest BCUT2D eigenvalue weighted by Crippen LogP contribution is -1.99. The number of pyridine rings is 1. The molecule has 6 nitrogen and oxygen atoms in total. The monoisotopic (exact) mass is 319 g/mol. The van der Waals surface area contributed by atoms with Crippen LogP contribution in [0.4, 0.5) is 0 Å². The van der Waals surface area contributed by atoms with Crippen molar-refractivity contribution >= 4 is 16.9 Å². The molecule has 4 rings (SSSR count). The van der Waals surface area contributed by atoms with Gasteiger partial charge in [-0.1, -0.05) is 6.07 Å². The Morgan fingerprint density at radius 2 is 2.00 bits per heavy atom. The fourth-order valence-corrected chi connectivity index (χ4v) is 2.64. The largest absolute Gasteiger partial charge is 0.477 e. The zero-order chi connectivity index (χ0) is 16.7. The molecular formula is C18H13N3O3. The molecule has 0 aliphatic rings. The van der Waals surface area contributed by atoms with Gasteiger partial charge in [-0.05, 0) is 35.9 Å². The molecule has 118 valence electrons. The van der Waals surface area contributed by atoms with E-state index in [0.29, 0.717) is 11.3 Å². The number of furan rings is 1. The molecule has 3 aromatic heterocycles. The van der Waals surface area contributed by atoms with Crippen LogP contribution in [0.1, 0.15) is 10.5 Å². The molecule has 6 heteroatoms. The first-order chi connectivity index (χ1) is 11.6. The Hall–Kier alpha value is -3.41. The van der Waals surface area contributed by atoms with Gasteiger partial charge >= 0.3 is 5.97 Å². The fourth-order valence-electron chi connectivity index (χ4n) is 2.64. The van der Waals surface area contributed by atoms with E-state index in [0.717, 1.165) is 22.1 Å². The third kappa shape index (κ3) is 2.44. The molecule has 0 atom stereocenters. The highest BCUT2D eigenvalue weighted by molar-refractivity contribution is 5.89. The number of carboxylic acid groups (broad SMARTS) is 1. The number of aryl methyl sites for hydroxylation is 1. The summed E-state index contributed by atoms with van der Waals surface area (Å²) >= 11 is 0. The second-order valence-corrected chi connectivity index (χ2v) is 5.50. The summed E-state index contributed by atoms with van der Waals surface area (Å²) in [6.45, 7) is 0. The van der Waals surface area contributed by atoms with E-state index >= 15 is 0 Å². The van der Waals surface area contributed by atoms with E-state index in [2.05, 4.69) is 10.1 Å². The highest BCUT2D eigenvalue weighted by Gasteiger charge is 2.11. The van der Waals surface area contributed by atoms with Crippen LogP contribution in [0, 0.1) is 0 Å². The topological polar surface area (TPSA) is 81.2 Å². The summed E-state index contributed by atoms with van der Waals surface area (Å²) in [6.07, 6.45) is 5.22. The predicted molar refractivity (Wildman–Crippen MR) is 88.6 cm³/mol. The van der Waals surface area contributed by atoms with E-state index in [9.17, 15) is 4.79 Å². The average molecular weight is 319 g/mol. The summed E-state index contributed by atoms with van der Waals surface area (Å²) in [6, 6.07) is 11.0. The minimum absolute atomic E-state index is 0.0102. The molecule has 0 radical (unpaired) electrons. The molecule has 3 heterocycles. The Morgan fingerprint density at radius 1 is 1.12 bits per heavy atom. The van der Waals surface area contributed by atoms with Gasteiger partial charge in [0.1, 0.15) is 17.0 Å². The van der Waals surface area contributed by atoms with Crippen molar-refractivity contribution in [1.29, 1.82) is 0 Å². The minimum atomic E-state index is -1.06. The van der Waals surface area contributed by atoms with Crippen molar-refractivity contribution in [2.75, 3.05) is 0 Å². The highest BCUT2D eigenvalue weighted by atomic mass is 16.4. The normalized spacial score (nSPS) is 11.0. The van der Waals surface area contributed by atoms with Crippen LogP contribution in [0.3, 0.4) is 0 Å². The van der Waals surface area contributed by atoms with Gasteiger partial charge < -0.3 is 9.52 Å². The second kappa shape index (κ2) is 5.34. The molecule has 0 unspecified atom stereocenters. The van der Waals surface area contributed by atoms with Gasteiger partial charge in [-0.15, -0.1) is 0 Å². The number of rotatable bonds is 3. The van der Waals surface area contributed by atoms with Crippen molar-refractivity contribution in [1.82, 2.24) is 14.8 Å². The Kier molecular flexibility index (Phi) is 3.16. The number of benzene rings is 1. The van der Waals surface area contributed by atoms with Crippen molar-refractivity contribution in [3.63, 3.8) is 0 Å². The van der Waals surface area contributed by atoms with E-state index in [1.807, 2.05) is 43.7 Å². The third-order valence-corrected chi connectivity index (χ3v) is 3.82. The number of nitrogens with zero attached hydrogens (tertiary/aromatic N) is 3. The van der Waals surface area contributed by atoms with Crippen LogP contribution in [0.15, 0.2) is 59.4 Å². The van der Waals surface area contributed by atoms with Gasteiger partial charge in [-0.3, -0.25) is 4.68 Å². The number of carbonyl (C=O) groups is 1. The standard InChI is InChI=1S/C18H13N3O3/c1-21-10-14(9-20-21)11-2-3-16-13(6-11)8-17(24-16)12-4-5-19-15(7-12)18(22)23/h2-10H,1H3,(H,22,23). The quantitative estimate of drug-likeness (QED) is 0.624. The summed E-state index contributed by atoms with van der Waals surface area (Å²) < 4.78 is 7.60. The number of aromatic carboxylic acids is 1. The second-order valence-electron chi connectivity index (χ2n) is 5.50. The molecule has 0 saturated carbocycles. The molecule has 0 saturated heterocycles. The molecule has 4 aromatic rings. The van der Waals surface area contributed by atoms with E-state index in [1.54, 1.807) is 10.7 Å². The summed E-state index contributed by atoms with van der Waals surface area (Å²) in [4.78, 5) is 14.9. The molecule has 0 bridgehead atoms. The van der Waals surface area contributed by atoms with Gasteiger partial charge in [0.05, 0.1) is 6.20 Å². The van der Waals surface area contributed by atoms with Gasteiger partial charge in [0, 0.05) is 36.0 Å². The van der Waals surface area contributed by atoms with Crippen LogP contribution in [0.2, 0.25) is 0 Å². The first-order valence-corrected chi connectivity index (χ1v) is 7.32. The molecule has 0 spiro atoms. The highest BCUT2D eigenvalue weighted by Crippen LogP contribution is 2.31. The first kappa shape index (κ1) is 14.2. The van der Waals surface area contributed by atoms with Gasteiger partial charge in [-0.2, -0.15) is 5.10 Å². The summed E-state index contributed by atoms with van der Waals surface area (Å²) in [5.74, 6) is -0.454. The molecular weight excluding hydrogens is 306 g/mol. The third-order valence-electron chi connectivity index (χ3n) is 3.82. The van der Waals surface area contributed by atoms with Gasteiger partial charge in [0.25, 0.3) is 0 Å². The SMILES string of the molecule is Cn1cc(-c2ccc3oc(-c4ccnc(C(=O)O)c4)cc3c2)cn1. The maximum Gasteiger partial charge on any atom is 0.354 e. The lowest BCUT2D eigenvalue weighted by Gasteiger charge is -1.97. The van der Waals surface area contributed by atoms with E-state index in [1.165, 1.54) is 12.3 Å². The Labute approximate surface area is 137 Å². The minimum Gasteiger partial charge on any atom is -0.477 e. The van der Waals surface area contributed by atoms with Crippen LogP contribution in [0.5, 0.6) is 0 Å². The van der Waals surface area contributed by atoms with Crippen molar-refractivity contribution < 1.29 is 14.3 Å². The van der Waals surface area contributed by atoms with E-state index in [4.69, 9.17) is 9.52 Å². The Morgan fingerprint density at radius 3 is 2.75 bits per heavy atom. The van der Waals surface area contributed by atoms with Crippen molar-refractivity contribution in [2.24, 2.45) is 7.05 Å². The Bertz CT molecular complexity index is 1060. The zero-order valence-corrected chi connectivity index (χ0v) is 12.8. The average Bonchev–Trinajstić information content (AvgIpc) is 3.20. The molecule has 1 N–H and O–H groups in total. The van der Waals surface area contributed by atoms with Crippen LogP contribution in [-0.2, 0) is 7.05 Å². The lowest BCUT2D eigenvalue weighted by atomic mass is 10.1. The lowest BCUT2D eigenvalue weighted by molar-refractivity contribution is 0.0690. The summed E-state index contributed by atoms with van der Waals surface area (Å²) in [5, 5.41) is 14.2. The van der Waals surface area contributed by atoms with Crippen LogP contribution < -0.4 is 0 Å². The maximum absolute atomic E-state index is 11.1. The number of hydrogen-bond acceptors (Lipinski definition) is 4. The number of hydrogen-bond donors (Lipinski definition) is 1. The molecule has 0 aliphatic heterocycles. The zero-order valence-electron chi connectivity index (χ0n) is 12.8. The number of aromatic nitrogens is 3. The first-order valence-electron chi connectivity index (χ1n) is 7.32. The predicted octanol–water partition coefficient (Wildman–Crippen LogP) is 3.59. The Balaban J connectivity index is 1.78. The van der Waals surface area contributed by atoms with Crippen molar-refractivity contribution in [3.05, 3.63) is 60.7 Å². The summed E-state index contributed by atoms with van der Waals surface area (Å²) in [5.41, 5.74) is 3.49. The van der Waals surface area contributed by atoms with Crippen molar-refractivity contribution in [2.45, 2.75) is 0 Å². The van der Waals surface area contributed by atoms with Gasteiger partial charge in [0.15, 0.2) is 0 Å². The van der Waals surface area contributed by atoms with Crippen LogP contribution in [0.25, 0.3) is 33.4 Å². The molecule has 0 aliphatic carbocycles. The maximum atomic E-state index is 11.1. The van der Waals surface area contributed by atoms with Crippen LogP contribution >= 0.6 is 0 Å². The molecule has 1 aromatic carbocycles. The number of carboxylic acids is 1. The van der Waals surface area contributed by atoms with Gasteiger partial charge in [0.2, 0.25) is 0 Å². The molecule has 24 heavy (non-hydrogen) atoms. The van der Waals surface area contributed by atoms with E-state index in [-0.39, 0.29) is 5.69 Å². The van der Waals surface area contributed by atoms with Crippen molar-refractivity contribution in [3.8, 4) is 22.5 Å². The van der Waals surface area contributed by atoms with E-state index < -0.39 is 5.97 Å². The smallest absolute Gasteiger partial charge is 0.354 e. The van der Waals surface area contributed by atoms with Crippen LogP contribution in [-0.4, -0.2) is 25.8 Å². The fraction of sp³-hybridized carbons (Fsp3) is 0.0556.